The molecule has 1 saturated heterocycles. The molecule has 3 atom stereocenters. The van der Waals surface area contributed by atoms with Gasteiger partial charge < -0.3 is 16.0 Å². The van der Waals surface area contributed by atoms with Crippen LogP contribution in [0, 0.1) is 5.82 Å². The fourth-order valence-electron chi connectivity index (χ4n) is 3.92. The summed E-state index contributed by atoms with van der Waals surface area (Å²) in [6.07, 6.45) is 4.55. The van der Waals surface area contributed by atoms with Gasteiger partial charge in [-0.05, 0) is 37.8 Å². The number of urea groups is 1. The molecule has 1 aromatic rings. The van der Waals surface area contributed by atoms with Crippen LogP contribution in [-0.2, 0) is 11.2 Å². The molecule has 1 unspecified atom stereocenters. The molecule has 5 nitrogen and oxygen atoms in total. The second-order valence-electron chi connectivity index (χ2n) is 6.99. The summed E-state index contributed by atoms with van der Waals surface area (Å²) in [6, 6.07) is 6.10. The molecule has 1 aliphatic carbocycles. The van der Waals surface area contributed by atoms with E-state index < -0.39 is 5.54 Å². The maximum absolute atomic E-state index is 13.7. The molecule has 2 aliphatic rings. The van der Waals surface area contributed by atoms with Crippen molar-refractivity contribution in [3.05, 3.63) is 35.6 Å². The first-order valence-electron chi connectivity index (χ1n) is 8.60. The average Bonchev–Trinajstić information content (AvgIpc) is 2.84. The predicted molar refractivity (Wildman–Crippen MR) is 89.0 cm³/mol. The van der Waals surface area contributed by atoms with Crippen LogP contribution in [0.25, 0.3) is 0 Å². The molecule has 3 N–H and O–H groups in total. The fraction of sp³-hybridized carbons (Fsp3) is 0.556. The van der Waals surface area contributed by atoms with Gasteiger partial charge >= 0.3 is 6.03 Å². The Morgan fingerprint density at radius 2 is 2.21 bits per heavy atom. The highest BCUT2D eigenvalue weighted by Crippen LogP contribution is 2.35. The summed E-state index contributed by atoms with van der Waals surface area (Å²) in [7, 11) is 0. The molecular formula is C18H24FN3O2. The van der Waals surface area contributed by atoms with Crippen LogP contribution in [0.1, 0.15) is 44.6 Å². The second-order valence-corrected chi connectivity index (χ2v) is 6.99. The van der Waals surface area contributed by atoms with Crippen molar-refractivity contribution in [2.24, 2.45) is 0 Å². The molecule has 6 heteroatoms. The highest BCUT2D eigenvalue weighted by Gasteiger charge is 2.49. The topological polar surface area (TPSA) is 70.2 Å². The van der Waals surface area contributed by atoms with Gasteiger partial charge in [-0.1, -0.05) is 31.0 Å². The van der Waals surface area contributed by atoms with Crippen LogP contribution in [-0.4, -0.2) is 29.6 Å². The lowest BCUT2D eigenvalue weighted by atomic mass is 9.78. The summed E-state index contributed by atoms with van der Waals surface area (Å²) in [6.45, 7) is 1.85. The number of rotatable bonds is 4. The van der Waals surface area contributed by atoms with Gasteiger partial charge in [0.1, 0.15) is 5.82 Å². The van der Waals surface area contributed by atoms with Crippen molar-refractivity contribution in [1.82, 2.24) is 16.0 Å². The molecule has 24 heavy (non-hydrogen) atoms. The largest absolute Gasteiger partial charge is 0.351 e. The Kier molecular flexibility index (Phi) is 4.73. The zero-order valence-electron chi connectivity index (χ0n) is 13.9. The number of halogens is 1. The lowest BCUT2D eigenvalue weighted by Gasteiger charge is -2.39. The highest BCUT2D eigenvalue weighted by atomic mass is 19.1. The Morgan fingerprint density at radius 1 is 1.42 bits per heavy atom. The molecular weight excluding hydrogens is 309 g/mol. The summed E-state index contributed by atoms with van der Waals surface area (Å²) in [5, 5.41) is 8.87. The van der Waals surface area contributed by atoms with E-state index in [0.29, 0.717) is 18.4 Å². The Morgan fingerprint density at radius 3 is 3.00 bits per heavy atom. The highest BCUT2D eigenvalue weighted by molar-refractivity contribution is 5.84. The molecule has 3 rings (SSSR count). The Hall–Kier alpha value is -2.11. The molecule has 0 aromatic heterocycles. The lowest BCUT2D eigenvalue weighted by Crippen LogP contribution is -2.60. The van der Waals surface area contributed by atoms with Crippen LogP contribution < -0.4 is 16.0 Å². The van der Waals surface area contributed by atoms with Gasteiger partial charge in [-0.15, -0.1) is 0 Å². The molecule has 3 amide bonds. The zero-order chi connectivity index (χ0) is 17.2. The number of hydrogen-bond acceptors (Lipinski definition) is 2. The van der Waals surface area contributed by atoms with E-state index in [2.05, 4.69) is 16.0 Å². The van der Waals surface area contributed by atoms with Crippen molar-refractivity contribution in [3.8, 4) is 0 Å². The number of amides is 3. The van der Waals surface area contributed by atoms with Gasteiger partial charge in [-0.25, -0.2) is 9.18 Å². The normalized spacial score (nSPS) is 27.1. The molecule has 1 aromatic carbocycles. The number of carbonyl (C=O) groups is 2. The monoisotopic (exact) mass is 333 g/mol. The van der Waals surface area contributed by atoms with Crippen molar-refractivity contribution in [3.63, 3.8) is 0 Å². The van der Waals surface area contributed by atoms with Crippen molar-refractivity contribution >= 4 is 11.9 Å². The number of carbonyl (C=O) groups excluding carboxylic acids is 2. The third-order valence-corrected chi connectivity index (χ3v) is 5.07. The number of fused-ring (bicyclic) bond motifs is 1. The summed E-state index contributed by atoms with van der Waals surface area (Å²) >= 11 is 0. The van der Waals surface area contributed by atoms with Gasteiger partial charge in [0, 0.05) is 6.04 Å². The average molecular weight is 333 g/mol. The van der Waals surface area contributed by atoms with Gasteiger partial charge in [0.2, 0.25) is 5.91 Å². The molecule has 130 valence electrons. The summed E-state index contributed by atoms with van der Waals surface area (Å²) in [5.74, 6) is -0.260. The SMILES string of the molecule is CC(Cc1ccccc1F)NC(=O)N[C@@]12CCCC[C@@H]1NC(=O)C2. The molecule has 0 radical (unpaired) electrons. The fourth-order valence-corrected chi connectivity index (χ4v) is 3.92. The van der Waals surface area contributed by atoms with Crippen molar-refractivity contribution < 1.29 is 14.0 Å². The molecule has 1 saturated carbocycles. The summed E-state index contributed by atoms with van der Waals surface area (Å²) < 4.78 is 13.7. The van der Waals surface area contributed by atoms with Crippen LogP contribution in [0.4, 0.5) is 9.18 Å². The third-order valence-electron chi connectivity index (χ3n) is 5.07. The van der Waals surface area contributed by atoms with Crippen molar-refractivity contribution in [2.75, 3.05) is 0 Å². The third kappa shape index (κ3) is 3.52. The number of nitrogens with one attached hydrogen (secondary N) is 3. The first kappa shape index (κ1) is 16.7. The van der Waals surface area contributed by atoms with E-state index in [1.165, 1.54) is 6.07 Å². The Labute approximate surface area is 141 Å². The second kappa shape index (κ2) is 6.79. The van der Waals surface area contributed by atoms with E-state index in [1.54, 1.807) is 18.2 Å². The summed E-state index contributed by atoms with van der Waals surface area (Å²) in [4.78, 5) is 24.2. The molecule has 2 fully saturated rings. The van der Waals surface area contributed by atoms with E-state index in [0.717, 1.165) is 25.7 Å². The van der Waals surface area contributed by atoms with Crippen LogP contribution in [0.5, 0.6) is 0 Å². The minimum atomic E-state index is -0.475. The molecule has 0 bridgehead atoms. The maximum Gasteiger partial charge on any atom is 0.315 e. The Balaban J connectivity index is 1.59. The van der Waals surface area contributed by atoms with Gasteiger partial charge in [0.15, 0.2) is 0 Å². The maximum atomic E-state index is 13.7. The quantitative estimate of drug-likeness (QED) is 0.791. The molecule has 1 heterocycles. The van der Waals surface area contributed by atoms with Crippen LogP contribution in [0.15, 0.2) is 24.3 Å². The molecule has 0 spiro atoms. The van der Waals surface area contributed by atoms with E-state index >= 15 is 0 Å². The lowest BCUT2D eigenvalue weighted by molar-refractivity contribution is -0.119. The van der Waals surface area contributed by atoms with Crippen LogP contribution in [0.3, 0.4) is 0 Å². The van der Waals surface area contributed by atoms with Crippen molar-refractivity contribution in [1.29, 1.82) is 0 Å². The first-order valence-corrected chi connectivity index (χ1v) is 8.60. The van der Waals surface area contributed by atoms with Gasteiger partial charge in [0.05, 0.1) is 18.0 Å². The predicted octanol–water partition coefficient (Wildman–Crippen LogP) is 2.26. The number of benzene rings is 1. The standard InChI is InChI=1S/C18H24FN3O2/c1-12(10-13-6-2-3-7-14(13)19)20-17(24)22-18-9-5-4-8-15(18)21-16(23)11-18/h2-3,6-7,12,15H,4-5,8-11H2,1H3,(H,21,23)(H2,20,22,24)/t12?,15-,18+/m0/s1. The smallest absolute Gasteiger partial charge is 0.315 e. The van der Waals surface area contributed by atoms with Crippen LogP contribution in [0.2, 0.25) is 0 Å². The van der Waals surface area contributed by atoms with Gasteiger partial charge in [-0.3, -0.25) is 4.79 Å². The first-order chi connectivity index (χ1) is 11.5. The van der Waals surface area contributed by atoms with E-state index in [-0.39, 0.29) is 29.8 Å². The zero-order valence-corrected chi connectivity index (χ0v) is 13.9. The van der Waals surface area contributed by atoms with Crippen molar-refractivity contribution in [2.45, 2.75) is 63.1 Å². The number of hydrogen-bond donors (Lipinski definition) is 3. The summed E-state index contributed by atoms with van der Waals surface area (Å²) in [5.41, 5.74) is 0.105. The van der Waals surface area contributed by atoms with Gasteiger partial charge in [-0.2, -0.15) is 0 Å². The van der Waals surface area contributed by atoms with E-state index in [4.69, 9.17) is 0 Å². The molecule has 1 aliphatic heterocycles. The Bertz CT molecular complexity index is 636. The van der Waals surface area contributed by atoms with Crippen LogP contribution >= 0.6 is 0 Å². The van der Waals surface area contributed by atoms with E-state index in [9.17, 15) is 14.0 Å². The van der Waals surface area contributed by atoms with Gasteiger partial charge in [0.25, 0.3) is 0 Å². The van der Waals surface area contributed by atoms with E-state index in [1.807, 2.05) is 6.92 Å². The minimum Gasteiger partial charge on any atom is -0.351 e. The minimum absolute atomic E-state index is 0.00149.